The molecule has 0 radical (unpaired) electrons. The van der Waals surface area contributed by atoms with Crippen LogP contribution >= 0.6 is 0 Å². The Morgan fingerprint density at radius 2 is 2.40 bits per heavy atom. The summed E-state index contributed by atoms with van der Waals surface area (Å²) in [5.41, 5.74) is 0. The van der Waals surface area contributed by atoms with Crippen molar-refractivity contribution in [1.29, 1.82) is 0 Å². The fourth-order valence-corrected chi connectivity index (χ4v) is 2.38. The Labute approximate surface area is 91.9 Å². The normalized spacial score (nSPS) is 25.9. The second-order valence-electron chi connectivity index (χ2n) is 4.72. The molecule has 1 saturated carbocycles. The molecule has 3 heteroatoms. The summed E-state index contributed by atoms with van der Waals surface area (Å²) in [5.74, 6) is 0.927. The van der Waals surface area contributed by atoms with Gasteiger partial charge in [-0.2, -0.15) is 0 Å². The monoisotopic (exact) mass is 207 g/mol. The van der Waals surface area contributed by atoms with Crippen LogP contribution in [-0.2, 0) is 6.54 Å². The molecule has 1 heterocycles. The summed E-state index contributed by atoms with van der Waals surface area (Å²) < 4.78 is 2.14. The first-order valence-electron chi connectivity index (χ1n) is 6.03. The van der Waals surface area contributed by atoms with Crippen molar-refractivity contribution in [3.8, 4) is 0 Å². The minimum Gasteiger partial charge on any atom is -0.337 e. The summed E-state index contributed by atoms with van der Waals surface area (Å²) in [6.45, 7) is 4.57. The van der Waals surface area contributed by atoms with Gasteiger partial charge in [-0.05, 0) is 38.1 Å². The molecule has 0 aliphatic heterocycles. The molecule has 2 rings (SSSR count). The second kappa shape index (κ2) is 5.31. The third kappa shape index (κ3) is 3.34. The van der Waals surface area contributed by atoms with Gasteiger partial charge in [0.2, 0.25) is 0 Å². The van der Waals surface area contributed by atoms with Crippen molar-refractivity contribution >= 4 is 0 Å². The lowest BCUT2D eigenvalue weighted by Gasteiger charge is -2.12. The van der Waals surface area contributed by atoms with Crippen molar-refractivity contribution in [2.75, 3.05) is 6.54 Å². The Hall–Kier alpha value is -0.830. The van der Waals surface area contributed by atoms with Gasteiger partial charge >= 0.3 is 0 Å². The van der Waals surface area contributed by atoms with Crippen molar-refractivity contribution < 1.29 is 0 Å². The predicted molar refractivity (Wildman–Crippen MR) is 61.6 cm³/mol. The summed E-state index contributed by atoms with van der Waals surface area (Å²) in [7, 11) is 0. The summed E-state index contributed by atoms with van der Waals surface area (Å²) >= 11 is 0. The fourth-order valence-electron chi connectivity index (χ4n) is 2.38. The Morgan fingerprint density at radius 3 is 3.07 bits per heavy atom. The van der Waals surface area contributed by atoms with Crippen molar-refractivity contribution in [1.82, 2.24) is 14.9 Å². The molecule has 2 atom stereocenters. The van der Waals surface area contributed by atoms with E-state index in [-0.39, 0.29) is 0 Å². The molecule has 1 aromatic heterocycles. The van der Waals surface area contributed by atoms with Crippen LogP contribution < -0.4 is 5.32 Å². The van der Waals surface area contributed by atoms with Gasteiger partial charge in [0.05, 0.1) is 6.33 Å². The van der Waals surface area contributed by atoms with Crippen LogP contribution in [0.1, 0.15) is 32.6 Å². The number of aryl methyl sites for hydroxylation is 1. The van der Waals surface area contributed by atoms with E-state index >= 15 is 0 Å². The Kier molecular flexibility index (Phi) is 3.78. The lowest BCUT2D eigenvalue weighted by molar-refractivity contribution is 0.481. The number of hydrogen-bond donors (Lipinski definition) is 1. The van der Waals surface area contributed by atoms with Crippen LogP contribution in [0.3, 0.4) is 0 Å². The zero-order valence-electron chi connectivity index (χ0n) is 9.52. The SMILES string of the molecule is C[C@@H]1CC[C@H](NCCCn2ccnc2)C1. The summed E-state index contributed by atoms with van der Waals surface area (Å²) in [5, 5.41) is 3.64. The smallest absolute Gasteiger partial charge is 0.0945 e. The first-order valence-corrected chi connectivity index (χ1v) is 6.03. The quantitative estimate of drug-likeness (QED) is 0.749. The van der Waals surface area contributed by atoms with Gasteiger partial charge in [0, 0.05) is 25.0 Å². The van der Waals surface area contributed by atoms with Crippen LogP contribution in [0.25, 0.3) is 0 Å². The predicted octanol–water partition coefficient (Wildman–Crippen LogP) is 2.05. The van der Waals surface area contributed by atoms with E-state index in [1.54, 1.807) is 0 Å². The molecule has 0 amide bonds. The van der Waals surface area contributed by atoms with Crippen LogP contribution in [0.15, 0.2) is 18.7 Å². The van der Waals surface area contributed by atoms with Gasteiger partial charge in [0.1, 0.15) is 0 Å². The average molecular weight is 207 g/mol. The molecule has 1 aromatic rings. The number of imidazole rings is 1. The largest absolute Gasteiger partial charge is 0.337 e. The highest BCUT2D eigenvalue weighted by atomic mass is 15.0. The molecule has 0 bridgehead atoms. The molecule has 1 fully saturated rings. The van der Waals surface area contributed by atoms with Gasteiger partial charge < -0.3 is 9.88 Å². The van der Waals surface area contributed by atoms with Crippen molar-refractivity contribution in [2.24, 2.45) is 5.92 Å². The molecule has 0 aromatic carbocycles. The zero-order chi connectivity index (χ0) is 10.5. The minimum atomic E-state index is 0.780. The van der Waals surface area contributed by atoms with Crippen molar-refractivity contribution in [3.05, 3.63) is 18.7 Å². The summed E-state index contributed by atoms with van der Waals surface area (Å²) in [6, 6.07) is 0.780. The Bertz CT molecular complexity index is 268. The molecule has 3 nitrogen and oxygen atoms in total. The first-order chi connectivity index (χ1) is 7.34. The van der Waals surface area contributed by atoms with E-state index in [9.17, 15) is 0 Å². The maximum Gasteiger partial charge on any atom is 0.0945 e. The lowest BCUT2D eigenvalue weighted by Crippen LogP contribution is -2.27. The van der Waals surface area contributed by atoms with Crippen LogP contribution in [0.2, 0.25) is 0 Å². The number of aromatic nitrogens is 2. The minimum absolute atomic E-state index is 0.780. The summed E-state index contributed by atoms with van der Waals surface area (Å²) in [4.78, 5) is 4.03. The van der Waals surface area contributed by atoms with Gasteiger partial charge in [0.15, 0.2) is 0 Å². The Balaban J connectivity index is 1.55. The van der Waals surface area contributed by atoms with Crippen LogP contribution in [0.5, 0.6) is 0 Å². The average Bonchev–Trinajstić information content (AvgIpc) is 2.84. The van der Waals surface area contributed by atoms with E-state index in [1.165, 1.54) is 25.7 Å². The number of rotatable bonds is 5. The molecular formula is C12H21N3. The summed E-state index contributed by atoms with van der Waals surface area (Å²) in [6.07, 6.45) is 11.1. The zero-order valence-corrected chi connectivity index (χ0v) is 9.52. The lowest BCUT2D eigenvalue weighted by atomic mass is 10.1. The molecule has 0 saturated heterocycles. The maximum absolute atomic E-state index is 4.03. The third-order valence-electron chi connectivity index (χ3n) is 3.28. The number of hydrogen-bond acceptors (Lipinski definition) is 2. The van der Waals surface area contributed by atoms with E-state index in [1.807, 2.05) is 18.7 Å². The van der Waals surface area contributed by atoms with E-state index < -0.39 is 0 Å². The highest BCUT2D eigenvalue weighted by molar-refractivity contribution is 4.78. The molecule has 1 aliphatic rings. The van der Waals surface area contributed by atoms with Gasteiger partial charge in [-0.3, -0.25) is 0 Å². The molecule has 1 aliphatic carbocycles. The van der Waals surface area contributed by atoms with Crippen LogP contribution in [0, 0.1) is 5.92 Å². The van der Waals surface area contributed by atoms with E-state index in [0.717, 1.165) is 25.0 Å². The first kappa shape index (κ1) is 10.7. The van der Waals surface area contributed by atoms with Crippen molar-refractivity contribution in [2.45, 2.75) is 45.2 Å². The molecule has 1 N–H and O–H groups in total. The van der Waals surface area contributed by atoms with Gasteiger partial charge in [0.25, 0.3) is 0 Å². The number of nitrogens with one attached hydrogen (secondary N) is 1. The molecule has 84 valence electrons. The van der Waals surface area contributed by atoms with Crippen LogP contribution in [0.4, 0.5) is 0 Å². The number of nitrogens with zero attached hydrogens (tertiary/aromatic N) is 2. The standard InChI is InChI=1S/C12H21N3/c1-11-3-4-12(9-11)14-5-2-7-15-8-6-13-10-15/h6,8,10-12,14H,2-5,7,9H2,1H3/t11-,12+/m1/s1. The molecule has 0 spiro atoms. The van der Waals surface area contributed by atoms with Crippen molar-refractivity contribution in [3.63, 3.8) is 0 Å². The maximum atomic E-state index is 4.03. The third-order valence-corrected chi connectivity index (χ3v) is 3.28. The van der Waals surface area contributed by atoms with Gasteiger partial charge in [-0.1, -0.05) is 6.92 Å². The van der Waals surface area contributed by atoms with E-state index in [2.05, 4.69) is 21.8 Å². The topological polar surface area (TPSA) is 29.9 Å². The Morgan fingerprint density at radius 1 is 1.47 bits per heavy atom. The van der Waals surface area contributed by atoms with Gasteiger partial charge in [-0.25, -0.2) is 4.98 Å². The molecular weight excluding hydrogens is 186 g/mol. The van der Waals surface area contributed by atoms with E-state index in [0.29, 0.717) is 0 Å². The highest BCUT2D eigenvalue weighted by Crippen LogP contribution is 2.24. The van der Waals surface area contributed by atoms with Crippen LogP contribution in [-0.4, -0.2) is 22.1 Å². The van der Waals surface area contributed by atoms with Gasteiger partial charge in [-0.15, -0.1) is 0 Å². The van der Waals surface area contributed by atoms with E-state index in [4.69, 9.17) is 0 Å². The second-order valence-corrected chi connectivity index (χ2v) is 4.72. The fraction of sp³-hybridized carbons (Fsp3) is 0.750. The molecule has 15 heavy (non-hydrogen) atoms. The molecule has 0 unspecified atom stereocenters. The highest BCUT2D eigenvalue weighted by Gasteiger charge is 2.19.